The van der Waals surface area contributed by atoms with Gasteiger partial charge in [-0.3, -0.25) is 4.98 Å². The Kier molecular flexibility index (Phi) is 7.54. The minimum absolute atomic E-state index is 0.732. The molecule has 4 nitrogen and oxygen atoms in total. The van der Waals surface area contributed by atoms with E-state index in [0.29, 0.717) is 0 Å². The number of ether oxygens (including phenoxy) is 2. The molecular formula is C13H22N2O2. The molecule has 1 aromatic rings. The number of aromatic nitrogens is 1. The lowest BCUT2D eigenvalue weighted by molar-refractivity contribution is 0.104. The van der Waals surface area contributed by atoms with Crippen molar-refractivity contribution in [1.82, 2.24) is 10.3 Å². The first kappa shape index (κ1) is 14.1. The number of hydrogen-bond acceptors (Lipinski definition) is 4. The first-order chi connectivity index (χ1) is 8.33. The molecule has 0 radical (unpaired) electrons. The van der Waals surface area contributed by atoms with Crippen molar-refractivity contribution in [3.63, 3.8) is 0 Å². The monoisotopic (exact) mass is 238 g/mol. The molecule has 0 saturated carbocycles. The fraction of sp³-hybridized carbons (Fsp3) is 0.615. The fourth-order valence-corrected chi connectivity index (χ4v) is 1.47. The highest BCUT2D eigenvalue weighted by molar-refractivity contribution is 5.09. The predicted molar refractivity (Wildman–Crippen MR) is 68.0 cm³/mol. The molecule has 1 rings (SSSR count). The van der Waals surface area contributed by atoms with E-state index in [-0.39, 0.29) is 0 Å². The van der Waals surface area contributed by atoms with Crippen LogP contribution in [0.5, 0.6) is 0 Å². The quantitative estimate of drug-likeness (QED) is 0.663. The Balaban J connectivity index is 1.97. The third-order valence-electron chi connectivity index (χ3n) is 2.31. The Hall–Kier alpha value is -0.970. The Morgan fingerprint density at radius 3 is 2.88 bits per heavy atom. The molecule has 0 aromatic carbocycles. The van der Waals surface area contributed by atoms with E-state index in [1.54, 1.807) is 7.11 Å². The highest BCUT2D eigenvalue weighted by Gasteiger charge is 1.94. The van der Waals surface area contributed by atoms with Gasteiger partial charge in [0.2, 0.25) is 0 Å². The third-order valence-corrected chi connectivity index (χ3v) is 2.31. The summed E-state index contributed by atoms with van der Waals surface area (Å²) in [7, 11) is 1.70. The van der Waals surface area contributed by atoms with Crippen LogP contribution in [0.4, 0.5) is 0 Å². The SMILES string of the molecule is COCCCOCCNCc1cccc(C)n1. The van der Waals surface area contributed by atoms with Crippen molar-refractivity contribution < 1.29 is 9.47 Å². The van der Waals surface area contributed by atoms with E-state index in [2.05, 4.69) is 10.3 Å². The lowest BCUT2D eigenvalue weighted by Gasteiger charge is -2.06. The van der Waals surface area contributed by atoms with E-state index in [4.69, 9.17) is 9.47 Å². The Labute approximate surface area is 103 Å². The summed E-state index contributed by atoms with van der Waals surface area (Å²) in [6.07, 6.45) is 0.954. The topological polar surface area (TPSA) is 43.4 Å². The van der Waals surface area contributed by atoms with E-state index in [0.717, 1.165) is 50.7 Å². The van der Waals surface area contributed by atoms with Crippen LogP contribution in [0.1, 0.15) is 17.8 Å². The van der Waals surface area contributed by atoms with Crippen molar-refractivity contribution in [2.75, 3.05) is 33.5 Å². The van der Waals surface area contributed by atoms with E-state index in [9.17, 15) is 0 Å². The largest absolute Gasteiger partial charge is 0.385 e. The second-order valence-corrected chi connectivity index (χ2v) is 3.91. The molecule has 1 heterocycles. The first-order valence-electron chi connectivity index (χ1n) is 6.03. The molecular weight excluding hydrogens is 216 g/mol. The van der Waals surface area contributed by atoms with Gasteiger partial charge < -0.3 is 14.8 Å². The highest BCUT2D eigenvalue weighted by atomic mass is 16.5. The van der Waals surface area contributed by atoms with Gasteiger partial charge >= 0.3 is 0 Å². The van der Waals surface area contributed by atoms with Gasteiger partial charge in [-0.2, -0.15) is 0 Å². The lowest BCUT2D eigenvalue weighted by atomic mass is 10.3. The standard InChI is InChI=1S/C13H22N2O2/c1-12-5-3-6-13(15-12)11-14-7-10-17-9-4-8-16-2/h3,5-6,14H,4,7-11H2,1-2H3. The summed E-state index contributed by atoms with van der Waals surface area (Å²) in [6, 6.07) is 6.06. The number of hydrogen-bond donors (Lipinski definition) is 1. The van der Waals surface area contributed by atoms with Crippen LogP contribution in [0.3, 0.4) is 0 Å². The van der Waals surface area contributed by atoms with Gasteiger partial charge in [-0.25, -0.2) is 0 Å². The van der Waals surface area contributed by atoms with E-state index >= 15 is 0 Å². The van der Waals surface area contributed by atoms with Crippen molar-refractivity contribution in [3.8, 4) is 0 Å². The van der Waals surface area contributed by atoms with Crippen molar-refractivity contribution in [2.24, 2.45) is 0 Å². The summed E-state index contributed by atoms with van der Waals surface area (Å²) < 4.78 is 10.4. The minimum atomic E-state index is 0.732. The molecule has 1 N–H and O–H groups in total. The molecule has 0 fully saturated rings. The number of methoxy groups -OCH3 is 1. The van der Waals surface area contributed by atoms with Gasteiger partial charge in [0.25, 0.3) is 0 Å². The van der Waals surface area contributed by atoms with Crippen LogP contribution in [0.25, 0.3) is 0 Å². The predicted octanol–water partition coefficient (Wildman–Crippen LogP) is 1.53. The van der Waals surface area contributed by atoms with Gasteiger partial charge in [0.15, 0.2) is 0 Å². The summed E-state index contributed by atoms with van der Waals surface area (Å²) >= 11 is 0. The van der Waals surface area contributed by atoms with Crippen LogP contribution in [0.2, 0.25) is 0 Å². The fourth-order valence-electron chi connectivity index (χ4n) is 1.47. The maximum Gasteiger partial charge on any atom is 0.0591 e. The molecule has 1 aromatic heterocycles. The molecule has 0 aliphatic heterocycles. The van der Waals surface area contributed by atoms with Crippen LogP contribution in [-0.2, 0) is 16.0 Å². The summed E-state index contributed by atoms with van der Waals surface area (Å²) in [5.41, 5.74) is 2.13. The van der Waals surface area contributed by atoms with E-state index < -0.39 is 0 Å². The zero-order valence-corrected chi connectivity index (χ0v) is 10.7. The molecule has 0 bridgehead atoms. The third kappa shape index (κ3) is 7.05. The van der Waals surface area contributed by atoms with Gasteiger partial charge in [-0.15, -0.1) is 0 Å². The molecule has 17 heavy (non-hydrogen) atoms. The summed E-state index contributed by atoms with van der Waals surface area (Å²) in [4.78, 5) is 4.41. The molecule has 0 atom stereocenters. The van der Waals surface area contributed by atoms with Gasteiger partial charge in [-0.1, -0.05) is 6.07 Å². The Bertz CT molecular complexity index is 305. The van der Waals surface area contributed by atoms with Gasteiger partial charge in [0.05, 0.1) is 12.3 Å². The smallest absolute Gasteiger partial charge is 0.0591 e. The number of rotatable bonds is 9. The van der Waals surface area contributed by atoms with Crippen molar-refractivity contribution in [3.05, 3.63) is 29.6 Å². The average Bonchev–Trinajstić information content (AvgIpc) is 2.33. The molecule has 4 heteroatoms. The van der Waals surface area contributed by atoms with Gasteiger partial charge in [0, 0.05) is 39.1 Å². The highest BCUT2D eigenvalue weighted by Crippen LogP contribution is 1.96. The molecule has 0 aliphatic carbocycles. The van der Waals surface area contributed by atoms with E-state index in [1.165, 1.54) is 0 Å². The molecule has 0 saturated heterocycles. The van der Waals surface area contributed by atoms with Gasteiger partial charge in [0.1, 0.15) is 0 Å². The average molecular weight is 238 g/mol. The van der Waals surface area contributed by atoms with Crippen LogP contribution >= 0.6 is 0 Å². The van der Waals surface area contributed by atoms with Crippen molar-refractivity contribution in [1.29, 1.82) is 0 Å². The summed E-state index contributed by atoms with van der Waals surface area (Å²) in [5.74, 6) is 0. The Morgan fingerprint density at radius 1 is 1.24 bits per heavy atom. The normalized spacial score (nSPS) is 10.7. The molecule has 0 unspecified atom stereocenters. The molecule has 96 valence electrons. The van der Waals surface area contributed by atoms with Gasteiger partial charge in [-0.05, 0) is 25.5 Å². The second-order valence-electron chi connectivity index (χ2n) is 3.91. The van der Waals surface area contributed by atoms with Crippen LogP contribution in [-0.4, -0.2) is 38.5 Å². The zero-order chi connectivity index (χ0) is 12.3. The molecule has 0 spiro atoms. The maximum atomic E-state index is 5.43. The molecule has 0 aliphatic rings. The Morgan fingerprint density at radius 2 is 2.12 bits per heavy atom. The molecule has 0 amide bonds. The number of pyridine rings is 1. The lowest BCUT2D eigenvalue weighted by Crippen LogP contribution is -2.20. The van der Waals surface area contributed by atoms with Crippen molar-refractivity contribution >= 4 is 0 Å². The van der Waals surface area contributed by atoms with Crippen LogP contribution < -0.4 is 5.32 Å². The van der Waals surface area contributed by atoms with Crippen LogP contribution in [0.15, 0.2) is 18.2 Å². The van der Waals surface area contributed by atoms with Crippen LogP contribution in [0, 0.1) is 6.92 Å². The number of nitrogens with one attached hydrogen (secondary N) is 1. The van der Waals surface area contributed by atoms with E-state index in [1.807, 2.05) is 25.1 Å². The van der Waals surface area contributed by atoms with Crippen molar-refractivity contribution in [2.45, 2.75) is 19.9 Å². The summed E-state index contributed by atoms with van der Waals surface area (Å²) in [6.45, 7) is 5.91. The first-order valence-corrected chi connectivity index (χ1v) is 6.03. The number of nitrogens with zero attached hydrogens (tertiary/aromatic N) is 1. The zero-order valence-electron chi connectivity index (χ0n) is 10.7. The maximum absolute atomic E-state index is 5.43. The second kappa shape index (κ2) is 9.10. The number of aryl methyl sites for hydroxylation is 1. The summed E-state index contributed by atoms with van der Waals surface area (Å²) in [5, 5.41) is 3.30. The minimum Gasteiger partial charge on any atom is -0.385 e.